The number of nitrogens with one attached hydrogen (secondary N) is 1. The van der Waals surface area contributed by atoms with Gasteiger partial charge in [0, 0.05) is 23.5 Å². The van der Waals surface area contributed by atoms with Crippen molar-refractivity contribution < 1.29 is 14.3 Å². The van der Waals surface area contributed by atoms with Gasteiger partial charge in [-0.25, -0.2) is 4.79 Å². The lowest BCUT2D eigenvalue weighted by Crippen LogP contribution is -2.45. The van der Waals surface area contributed by atoms with Crippen molar-refractivity contribution in [2.24, 2.45) is 0 Å². The molecule has 6 heteroatoms. The van der Waals surface area contributed by atoms with Crippen LogP contribution in [0.1, 0.15) is 50.6 Å². The molecule has 0 bridgehead atoms. The third-order valence-electron chi connectivity index (χ3n) is 4.72. The Kier molecular flexibility index (Phi) is 5.56. The fourth-order valence-corrected chi connectivity index (χ4v) is 4.36. The molecule has 144 valence electrons. The highest BCUT2D eigenvalue weighted by Gasteiger charge is 2.33. The Hall–Kier alpha value is -2.34. The first kappa shape index (κ1) is 19.4. The minimum absolute atomic E-state index is 0.00563. The topological polar surface area (TPSA) is 58.6 Å². The number of hydrogen-bond donors (Lipinski definition) is 1. The van der Waals surface area contributed by atoms with Crippen LogP contribution in [0.25, 0.3) is 11.1 Å². The molecule has 2 aromatic rings. The molecule has 2 atom stereocenters. The van der Waals surface area contributed by atoms with E-state index in [1.807, 2.05) is 37.8 Å². The molecule has 0 fully saturated rings. The van der Waals surface area contributed by atoms with Crippen molar-refractivity contribution in [2.45, 2.75) is 59.2 Å². The van der Waals surface area contributed by atoms with Crippen LogP contribution in [0.3, 0.4) is 0 Å². The molecule has 0 unspecified atom stereocenters. The summed E-state index contributed by atoms with van der Waals surface area (Å²) >= 11 is 1.71. The number of benzene rings is 1. The second kappa shape index (κ2) is 7.72. The summed E-state index contributed by atoms with van der Waals surface area (Å²) in [6.07, 6.45) is 0.0341. The molecule has 1 N–H and O–H groups in total. The van der Waals surface area contributed by atoms with Crippen LogP contribution in [-0.4, -0.2) is 24.1 Å². The van der Waals surface area contributed by atoms with Gasteiger partial charge in [0.1, 0.15) is 0 Å². The first-order valence-corrected chi connectivity index (χ1v) is 10.1. The molecule has 3 rings (SSSR count). The van der Waals surface area contributed by atoms with E-state index in [9.17, 15) is 9.59 Å². The van der Waals surface area contributed by atoms with Gasteiger partial charge >= 0.3 is 6.09 Å². The average Bonchev–Trinajstić information content (AvgIpc) is 2.99. The Morgan fingerprint density at radius 3 is 2.59 bits per heavy atom. The lowest BCUT2D eigenvalue weighted by Gasteiger charge is -2.39. The summed E-state index contributed by atoms with van der Waals surface area (Å²) in [4.78, 5) is 27.5. The van der Waals surface area contributed by atoms with Crippen LogP contribution in [0, 0.1) is 6.92 Å². The van der Waals surface area contributed by atoms with Gasteiger partial charge in [0.15, 0.2) is 0 Å². The fourth-order valence-electron chi connectivity index (χ4n) is 3.65. The van der Waals surface area contributed by atoms with Crippen LogP contribution in [-0.2, 0) is 9.53 Å². The SMILES string of the molecule is CC(=O)N1c2ccc(-c3csc(C)c3)cc2[C@H](NC(=O)OC(C)C)C[C@@H]1C. The lowest BCUT2D eigenvalue weighted by molar-refractivity contribution is -0.117. The van der Waals surface area contributed by atoms with Gasteiger partial charge in [0.2, 0.25) is 5.91 Å². The zero-order valence-corrected chi connectivity index (χ0v) is 17.2. The number of aryl methyl sites for hydroxylation is 1. The quantitative estimate of drug-likeness (QED) is 0.803. The minimum Gasteiger partial charge on any atom is -0.447 e. The van der Waals surface area contributed by atoms with Crippen molar-refractivity contribution in [3.8, 4) is 11.1 Å². The van der Waals surface area contributed by atoms with Crippen LogP contribution in [0.4, 0.5) is 10.5 Å². The Balaban J connectivity index is 2.01. The van der Waals surface area contributed by atoms with E-state index < -0.39 is 6.09 Å². The van der Waals surface area contributed by atoms with Crippen molar-refractivity contribution in [2.75, 3.05) is 4.90 Å². The minimum atomic E-state index is -0.429. The van der Waals surface area contributed by atoms with E-state index in [0.29, 0.717) is 6.42 Å². The number of nitrogens with zero attached hydrogens (tertiary/aromatic N) is 1. The van der Waals surface area contributed by atoms with E-state index in [1.165, 1.54) is 4.88 Å². The number of alkyl carbamates (subject to hydrolysis) is 1. The van der Waals surface area contributed by atoms with E-state index in [4.69, 9.17) is 4.74 Å². The summed E-state index contributed by atoms with van der Waals surface area (Å²) in [7, 11) is 0. The van der Waals surface area contributed by atoms with Gasteiger partial charge in [-0.2, -0.15) is 0 Å². The van der Waals surface area contributed by atoms with Gasteiger partial charge in [-0.15, -0.1) is 11.3 Å². The predicted octanol–water partition coefficient (Wildman–Crippen LogP) is 5.04. The number of hydrogen-bond acceptors (Lipinski definition) is 4. The second-order valence-electron chi connectivity index (χ2n) is 7.34. The lowest BCUT2D eigenvalue weighted by atomic mass is 9.89. The van der Waals surface area contributed by atoms with Crippen LogP contribution < -0.4 is 10.2 Å². The molecule has 5 nitrogen and oxygen atoms in total. The van der Waals surface area contributed by atoms with E-state index in [2.05, 4.69) is 29.8 Å². The number of ether oxygens (including phenoxy) is 1. The molecular weight excluding hydrogens is 360 g/mol. The van der Waals surface area contributed by atoms with Crippen molar-refractivity contribution in [3.63, 3.8) is 0 Å². The van der Waals surface area contributed by atoms with E-state index in [-0.39, 0.29) is 24.1 Å². The maximum absolute atomic E-state index is 12.2. The monoisotopic (exact) mass is 386 g/mol. The molecule has 1 aromatic heterocycles. The molecular formula is C21H26N2O3S. The van der Waals surface area contributed by atoms with Crippen molar-refractivity contribution in [1.29, 1.82) is 0 Å². The summed E-state index contributed by atoms with van der Waals surface area (Å²) < 4.78 is 5.27. The Morgan fingerprint density at radius 2 is 2.00 bits per heavy atom. The van der Waals surface area contributed by atoms with Gasteiger partial charge in [-0.1, -0.05) is 6.07 Å². The highest BCUT2D eigenvalue weighted by molar-refractivity contribution is 7.10. The van der Waals surface area contributed by atoms with Crippen LogP contribution in [0.2, 0.25) is 0 Å². The van der Waals surface area contributed by atoms with Crippen LogP contribution >= 0.6 is 11.3 Å². The molecule has 2 amide bonds. The molecule has 0 saturated heterocycles. The molecule has 2 heterocycles. The first-order valence-electron chi connectivity index (χ1n) is 9.22. The molecule has 0 aliphatic carbocycles. The van der Waals surface area contributed by atoms with Crippen molar-refractivity contribution in [3.05, 3.63) is 40.1 Å². The summed E-state index contributed by atoms with van der Waals surface area (Å²) in [5, 5.41) is 5.11. The van der Waals surface area contributed by atoms with E-state index in [1.54, 1.807) is 18.3 Å². The molecule has 1 aromatic carbocycles. The highest BCUT2D eigenvalue weighted by atomic mass is 32.1. The largest absolute Gasteiger partial charge is 0.447 e. The number of anilines is 1. The molecule has 27 heavy (non-hydrogen) atoms. The molecule has 1 aliphatic rings. The van der Waals surface area contributed by atoms with Gasteiger partial charge in [-0.05, 0) is 74.4 Å². The molecule has 0 saturated carbocycles. The Bertz CT molecular complexity index is 859. The van der Waals surface area contributed by atoms with Gasteiger partial charge in [0.25, 0.3) is 0 Å². The van der Waals surface area contributed by atoms with Crippen molar-refractivity contribution >= 4 is 29.0 Å². The zero-order chi connectivity index (χ0) is 19.7. The summed E-state index contributed by atoms with van der Waals surface area (Å²) in [6.45, 7) is 9.31. The second-order valence-corrected chi connectivity index (χ2v) is 8.46. The van der Waals surface area contributed by atoms with Crippen LogP contribution in [0.5, 0.6) is 0 Å². The maximum Gasteiger partial charge on any atom is 0.407 e. The number of carbonyl (C=O) groups excluding carboxylic acids is 2. The molecule has 0 spiro atoms. The number of rotatable bonds is 3. The number of fused-ring (bicyclic) bond motifs is 1. The zero-order valence-electron chi connectivity index (χ0n) is 16.4. The van der Waals surface area contributed by atoms with Gasteiger partial charge in [0.05, 0.1) is 12.1 Å². The Morgan fingerprint density at radius 1 is 1.26 bits per heavy atom. The average molecular weight is 387 g/mol. The number of thiophene rings is 1. The Labute approximate surface area is 164 Å². The summed E-state index contributed by atoms with van der Waals surface area (Å²) in [5.74, 6) is 0.00563. The fraction of sp³-hybridized carbons (Fsp3) is 0.429. The van der Waals surface area contributed by atoms with E-state index in [0.717, 1.165) is 22.4 Å². The summed E-state index contributed by atoms with van der Waals surface area (Å²) in [6, 6.07) is 8.05. The maximum atomic E-state index is 12.2. The highest BCUT2D eigenvalue weighted by Crippen LogP contribution is 2.40. The van der Waals surface area contributed by atoms with Gasteiger partial charge < -0.3 is 15.0 Å². The normalized spacial score (nSPS) is 19.0. The number of carbonyl (C=O) groups is 2. The third-order valence-corrected chi connectivity index (χ3v) is 5.58. The van der Waals surface area contributed by atoms with Gasteiger partial charge in [-0.3, -0.25) is 4.79 Å². The van der Waals surface area contributed by atoms with Crippen molar-refractivity contribution in [1.82, 2.24) is 5.32 Å². The summed E-state index contributed by atoms with van der Waals surface area (Å²) in [5.41, 5.74) is 4.04. The molecule has 1 aliphatic heterocycles. The predicted molar refractivity (Wildman–Crippen MR) is 109 cm³/mol. The molecule has 0 radical (unpaired) electrons. The smallest absolute Gasteiger partial charge is 0.407 e. The third kappa shape index (κ3) is 4.16. The number of amides is 2. The first-order chi connectivity index (χ1) is 12.8. The van der Waals surface area contributed by atoms with Crippen LogP contribution in [0.15, 0.2) is 29.6 Å². The standard InChI is InChI=1S/C21H26N2O3S/c1-12(2)26-21(25)22-19-8-13(3)23(15(5)24)20-7-6-16(10-18(19)20)17-9-14(4)27-11-17/h6-7,9-13,19H,8H2,1-5H3,(H,22,25)/t13-,19+/m0/s1. The van der Waals surface area contributed by atoms with E-state index >= 15 is 0 Å².